The molecule has 3 aromatic carbocycles. The molecule has 3 aromatic rings. The van der Waals surface area contributed by atoms with Gasteiger partial charge in [0.1, 0.15) is 0 Å². The van der Waals surface area contributed by atoms with Gasteiger partial charge in [-0.3, -0.25) is 4.79 Å². The van der Waals surface area contributed by atoms with E-state index in [1.54, 1.807) is 36.4 Å². The van der Waals surface area contributed by atoms with Crippen molar-refractivity contribution in [2.45, 2.75) is 12.7 Å². The third-order valence-corrected chi connectivity index (χ3v) is 4.26. The van der Waals surface area contributed by atoms with E-state index in [0.29, 0.717) is 11.1 Å². The van der Waals surface area contributed by atoms with E-state index in [-0.39, 0.29) is 6.54 Å². The van der Waals surface area contributed by atoms with Gasteiger partial charge in [0.25, 0.3) is 0 Å². The van der Waals surface area contributed by atoms with Gasteiger partial charge in [0.05, 0.1) is 12.7 Å². The van der Waals surface area contributed by atoms with Gasteiger partial charge in [-0.15, -0.1) is 0 Å². The van der Waals surface area contributed by atoms with Crippen molar-refractivity contribution >= 4 is 22.6 Å². The highest BCUT2D eigenvalue weighted by Crippen LogP contribution is 2.26. The number of esters is 1. The van der Waals surface area contributed by atoms with Crippen molar-refractivity contribution in [3.63, 3.8) is 0 Å². The van der Waals surface area contributed by atoms with Crippen molar-refractivity contribution in [3.05, 3.63) is 71.8 Å². The van der Waals surface area contributed by atoms with E-state index in [2.05, 4.69) is 0 Å². The van der Waals surface area contributed by atoms with Gasteiger partial charge in [0, 0.05) is 6.54 Å². The standard InChI is InChI=1S/C21H16F3NO3/c1-28-19(26)18-9-8-16-10-15(6-7-17(16)11-18)14-4-2-13(3-5-14)12-25-20(27)21(22,23)24/h2-11H,12H2,1H3,(H,25,27). The summed E-state index contributed by atoms with van der Waals surface area (Å²) < 4.78 is 41.4. The fraction of sp³-hybridized carbons (Fsp3) is 0.143. The molecule has 0 saturated heterocycles. The zero-order valence-electron chi connectivity index (χ0n) is 14.8. The number of rotatable bonds is 4. The highest BCUT2D eigenvalue weighted by molar-refractivity contribution is 5.96. The first-order valence-electron chi connectivity index (χ1n) is 8.34. The van der Waals surface area contributed by atoms with Crippen LogP contribution in [0.15, 0.2) is 60.7 Å². The molecule has 0 atom stereocenters. The third kappa shape index (κ3) is 4.31. The Hall–Kier alpha value is -3.35. The fourth-order valence-electron chi connectivity index (χ4n) is 2.77. The van der Waals surface area contributed by atoms with Crippen molar-refractivity contribution in [1.82, 2.24) is 5.32 Å². The molecule has 1 amide bonds. The first-order chi connectivity index (χ1) is 13.3. The predicted molar refractivity (Wildman–Crippen MR) is 98.6 cm³/mol. The van der Waals surface area contributed by atoms with E-state index >= 15 is 0 Å². The van der Waals surface area contributed by atoms with Crippen LogP contribution in [0.25, 0.3) is 21.9 Å². The molecular weight excluding hydrogens is 371 g/mol. The molecule has 0 heterocycles. The van der Waals surface area contributed by atoms with E-state index in [0.717, 1.165) is 21.9 Å². The van der Waals surface area contributed by atoms with E-state index < -0.39 is 18.1 Å². The highest BCUT2D eigenvalue weighted by atomic mass is 19.4. The van der Waals surface area contributed by atoms with Crippen LogP contribution in [0.4, 0.5) is 13.2 Å². The number of fused-ring (bicyclic) bond motifs is 1. The highest BCUT2D eigenvalue weighted by Gasteiger charge is 2.38. The molecule has 0 aliphatic rings. The molecule has 0 radical (unpaired) electrons. The number of halogens is 3. The number of benzene rings is 3. The van der Waals surface area contributed by atoms with Gasteiger partial charge < -0.3 is 10.1 Å². The molecule has 1 N–H and O–H groups in total. The maximum absolute atomic E-state index is 12.2. The average molecular weight is 387 g/mol. The molecule has 0 fully saturated rings. The number of hydrogen-bond acceptors (Lipinski definition) is 3. The van der Waals surface area contributed by atoms with Gasteiger partial charge in [-0.25, -0.2) is 4.79 Å². The molecule has 0 saturated carbocycles. The number of alkyl halides is 3. The third-order valence-electron chi connectivity index (χ3n) is 4.26. The second kappa shape index (κ2) is 7.72. The number of hydrogen-bond donors (Lipinski definition) is 1. The smallest absolute Gasteiger partial charge is 0.465 e. The lowest BCUT2D eigenvalue weighted by Gasteiger charge is -2.09. The van der Waals surface area contributed by atoms with Crippen LogP contribution in [-0.4, -0.2) is 25.2 Å². The summed E-state index contributed by atoms with van der Waals surface area (Å²) in [6.45, 7) is -0.202. The van der Waals surface area contributed by atoms with Gasteiger partial charge in [-0.05, 0) is 45.7 Å². The topological polar surface area (TPSA) is 55.4 Å². The predicted octanol–water partition coefficient (Wildman–Crippen LogP) is 4.47. The van der Waals surface area contributed by atoms with Crippen molar-refractivity contribution in [2.75, 3.05) is 7.11 Å². The SMILES string of the molecule is COC(=O)c1ccc2cc(-c3ccc(CNC(=O)C(F)(F)F)cc3)ccc2c1. The number of methoxy groups -OCH3 is 1. The van der Waals surface area contributed by atoms with Crippen LogP contribution in [0.2, 0.25) is 0 Å². The monoisotopic (exact) mass is 387 g/mol. The number of carbonyl (C=O) groups excluding carboxylic acids is 2. The largest absolute Gasteiger partial charge is 0.471 e. The Balaban J connectivity index is 1.77. The lowest BCUT2D eigenvalue weighted by atomic mass is 9.99. The van der Waals surface area contributed by atoms with Gasteiger partial charge in [0.2, 0.25) is 0 Å². The molecule has 0 aliphatic carbocycles. The van der Waals surface area contributed by atoms with E-state index in [1.165, 1.54) is 7.11 Å². The molecular formula is C21H16F3NO3. The Morgan fingerprint density at radius 1 is 0.893 bits per heavy atom. The fourth-order valence-corrected chi connectivity index (χ4v) is 2.77. The van der Waals surface area contributed by atoms with Gasteiger partial charge in [0.15, 0.2) is 0 Å². The summed E-state index contributed by atoms with van der Waals surface area (Å²) in [5.74, 6) is -2.36. The summed E-state index contributed by atoms with van der Waals surface area (Å²) >= 11 is 0. The van der Waals surface area contributed by atoms with Gasteiger partial charge in [-0.2, -0.15) is 13.2 Å². The first kappa shape index (κ1) is 19.4. The summed E-state index contributed by atoms with van der Waals surface area (Å²) in [6.07, 6.45) is -4.89. The zero-order valence-corrected chi connectivity index (χ0v) is 14.8. The Morgan fingerprint density at radius 3 is 2.14 bits per heavy atom. The Bertz CT molecular complexity index is 1030. The normalized spacial score (nSPS) is 11.3. The maximum Gasteiger partial charge on any atom is 0.471 e. The van der Waals surface area contributed by atoms with Crippen LogP contribution >= 0.6 is 0 Å². The van der Waals surface area contributed by atoms with Gasteiger partial charge >= 0.3 is 18.1 Å². The van der Waals surface area contributed by atoms with Crippen LogP contribution in [0.3, 0.4) is 0 Å². The minimum absolute atomic E-state index is 0.202. The minimum Gasteiger partial charge on any atom is -0.465 e. The Kier molecular flexibility index (Phi) is 5.35. The number of ether oxygens (including phenoxy) is 1. The van der Waals surface area contributed by atoms with Crippen LogP contribution in [0.5, 0.6) is 0 Å². The molecule has 0 unspecified atom stereocenters. The molecule has 0 spiro atoms. The zero-order chi connectivity index (χ0) is 20.3. The number of carbonyl (C=O) groups is 2. The molecule has 0 aromatic heterocycles. The van der Waals surface area contributed by atoms with Crippen LogP contribution < -0.4 is 5.32 Å². The quantitative estimate of drug-likeness (QED) is 0.672. The Labute approximate surface area is 158 Å². The molecule has 3 rings (SSSR count). The van der Waals surface area contributed by atoms with Crippen LogP contribution in [-0.2, 0) is 16.1 Å². The van der Waals surface area contributed by atoms with Crippen LogP contribution in [0.1, 0.15) is 15.9 Å². The lowest BCUT2D eigenvalue weighted by molar-refractivity contribution is -0.173. The summed E-state index contributed by atoms with van der Waals surface area (Å²) in [5, 5.41) is 3.66. The van der Waals surface area contributed by atoms with Crippen molar-refractivity contribution in [1.29, 1.82) is 0 Å². The van der Waals surface area contributed by atoms with Crippen molar-refractivity contribution in [3.8, 4) is 11.1 Å². The van der Waals surface area contributed by atoms with Crippen molar-refractivity contribution in [2.24, 2.45) is 0 Å². The summed E-state index contributed by atoms with van der Waals surface area (Å²) in [5.41, 5.74) is 2.83. The average Bonchev–Trinajstić information content (AvgIpc) is 2.70. The Morgan fingerprint density at radius 2 is 1.50 bits per heavy atom. The van der Waals surface area contributed by atoms with E-state index in [4.69, 9.17) is 4.74 Å². The second-order valence-electron chi connectivity index (χ2n) is 6.15. The van der Waals surface area contributed by atoms with Crippen molar-refractivity contribution < 1.29 is 27.5 Å². The lowest BCUT2D eigenvalue weighted by Crippen LogP contribution is -2.36. The minimum atomic E-state index is -4.89. The van der Waals surface area contributed by atoms with E-state index in [1.807, 2.05) is 29.6 Å². The van der Waals surface area contributed by atoms with Crippen LogP contribution in [0, 0.1) is 0 Å². The molecule has 0 bridgehead atoms. The summed E-state index contributed by atoms with van der Waals surface area (Å²) in [6, 6.07) is 17.9. The van der Waals surface area contributed by atoms with E-state index in [9.17, 15) is 22.8 Å². The van der Waals surface area contributed by atoms with Gasteiger partial charge in [-0.1, -0.05) is 42.5 Å². The number of nitrogens with one attached hydrogen (secondary N) is 1. The summed E-state index contributed by atoms with van der Waals surface area (Å²) in [7, 11) is 1.33. The maximum atomic E-state index is 12.2. The first-order valence-corrected chi connectivity index (χ1v) is 8.34. The molecule has 0 aliphatic heterocycles. The number of amides is 1. The molecule has 7 heteroatoms. The second-order valence-corrected chi connectivity index (χ2v) is 6.15. The molecule has 28 heavy (non-hydrogen) atoms. The molecule has 4 nitrogen and oxygen atoms in total. The molecule has 144 valence electrons. The summed E-state index contributed by atoms with van der Waals surface area (Å²) in [4.78, 5) is 22.5.